The van der Waals surface area contributed by atoms with Crippen molar-refractivity contribution in [3.8, 4) is 33.8 Å². The van der Waals surface area contributed by atoms with E-state index in [1.165, 1.54) is 23.8 Å². The Labute approximate surface area is 312 Å². The number of oxazole rings is 1. The minimum atomic E-state index is -2.52. The Hall–Kier alpha value is -5.25. The van der Waals surface area contributed by atoms with E-state index >= 15 is 0 Å². The van der Waals surface area contributed by atoms with Crippen LogP contribution >= 0.6 is 0 Å². The molecule has 0 fully saturated rings. The summed E-state index contributed by atoms with van der Waals surface area (Å²) in [6, 6.07) is 36.0. The Bertz CT molecular complexity index is 3150. The summed E-state index contributed by atoms with van der Waals surface area (Å²) in [6.45, 7) is 1.51. The van der Waals surface area contributed by atoms with Gasteiger partial charge < -0.3 is 18.2 Å². The summed E-state index contributed by atoms with van der Waals surface area (Å²) in [5.41, 5.74) is 8.94. The molecule has 5 aromatic heterocycles. The molecule has 0 radical (unpaired) electrons. The van der Waals surface area contributed by atoms with Crippen molar-refractivity contribution in [2.75, 3.05) is 0 Å². The molecule has 0 saturated heterocycles. The Balaban J connectivity index is 0.00000410. The van der Waals surface area contributed by atoms with Gasteiger partial charge in [-0.15, -0.1) is 47.5 Å². The summed E-state index contributed by atoms with van der Waals surface area (Å²) in [6.07, 6.45) is 3.34. The molecule has 0 aliphatic rings. The first kappa shape index (κ1) is 24.8. The van der Waals surface area contributed by atoms with Crippen LogP contribution in [0.15, 0.2) is 108 Å². The summed E-state index contributed by atoms with van der Waals surface area (Å²) in [5, 5.41) is 4.23. The van der Waals surface area contributed by atoms with Crippen molar-refractivity contribution in [1.82, 2.24) is 18.8 Å². The molecule has 0 aliphatic carbocycles. The fourth-order valence-corrected chi connectivity index (χ4v) is 7.37. The molecule has 50 heavy (non-hydrogen) atoms. The van der Waals surface area contributed by atoms with Crippen molar-refractivity contribution >= 4 is 54.9 Å². The van der Waals surface area contributed by atoms with Crippen LogP contribution in [0, 0.1) is 25.8 Å². The van der Waals surface area contributed by atoms with Crippen LogP contribution < -0.4 is 0 Å². The number of benzene rings is 5. The minimum Gasteiger partial charge on any atom is -0.437 e. The smallest absolute Gasteiger partial charge is 0.437 e. The maximum atomic E-state index is 8.20. The molecular weight excluding hydrogens is 796 g/mol. The average Bonchev–Trinajstić information content (AvgIpc) is 3.90. The van der Waals surface area contributed by atoms with E-state index < -0.39 is 13.7 Å². The number of rotatable bonds is 3. The van der Waals surface area contributed by atoms with E-state index in [1.54, 1.807) is 24.5 Å². The van der Waals surface area contributed by atoms with Gasteiger partial charge in [0.2, 0.25) is 5.71 Å². The fourth-order valence-electron chi connectivity index (χ4n) is 7.37. The standard InChI is InChI=1S/C44H32N4O.Pt/c1-25-8-6-9-26(2)41(25)28-18-19-45-35(20-28)27-12-15-31-33-10-7-11-34-32-16-13-29(22-38(32)47(42(33)34)37(31)21-27)43-46-24-40-48(43)36-17-14-30(44(3,4)5)23-39(36)49-40;/h6-20,23-24H,1-5H3;/q-2;+2/i1D3,2D3;. The summed E-state index contributed by atoms with van der Waals surface area (Å²) in [7, 11) is 0. The molecule has 0 atom stereocenters. The van der Waals surface area contributed by atoms with Crippen LogP contribution in [-0.4, -0.2) is 18.8 Å². The second-order valence-electron chi connectivity index (χ2n) is 13.8. The quantitative estimate of drug-likeness (QED) is 0.167. The molecule has 0 N–H and O–H groups in total. The van der Waals surface area contributed by atoms with Gasteiger partial charge in [0.05, 0.1) is 17.5 Å². The first-order valence-electron chi connectivity index (χ1n) is 19.2. The number of aromatic nitrogens is 4. The van der Waals surface area contributed by atoms with Gasteiger partial charge in [-0.1, -0.05) is 80.1 Å². The van der Waals surface area contributed by atoms with Crippen molar-refractivity contribution in [2.45, 2.75) is 39.9 Å². The molecule has 5 heterocycles. The van der Waals surface area contributed by atoms with Gasteiger partial charge in [-0.3, -0.25) is 4.98 Å². The number of fused-ring (bicyclic) bond motifs is 9. The minimum absolute atomic E-state index is 0. The zero-order valence-electron chi connectivity index (χ0n) is 33.3. The Kier molecular flexibility index (Phi) is 5.40. The summed E-state index contributed by atoms with van der Waals surface area (Å²) < 4.78 is 59.7. The zero-order valence-corrected chi connectivity index (χ0v) is 29.6. The number of imidazole rings is 1. The van der Waals surface area contributed by atoms with Crippen molar-refractivity contribution in [1.29, 1.82) is 0 Å². The van der Waals surface area contributed by atoms with E-state index in [1.807, 2.05) is 10.5 Å². The molecule has 0 bridgehead atoms. The van der Waals surface area contributed by atoms with Crippen molar-refractivity contribution in [3.05, 3.63) is 132 Å². The Morgan fingerprint density at radius 1 is 0.720 bits per heavy atom. The first-order valence-corrected chi connectivity index (χ1v) is 16.2. The summed E-state index contributed by atoms with van der Waals surface area (Å²) in [5.74, 6) is 0.725. The third-order valence-corrected chi connectivity index (χ3v) is 9.78. The van der Waals surface area contributed by atoms with Crippen LogP contribution in [0.25, 0.3) is 88.7 Å². The zero-order chi connectivity index (χ0) is 38.2. The predicted molar refractivity (Wildman–Crippen MR) is 200 cm³/mol. The molecule has 0 aliphatic heterocycles. The van der Waals surface area contributed by atoms with E-state index in [0.29, 0.717) is 22.5 Å². The first-order chi connectivity index (χ1) is 26.2. The topological polar surface area (TPSA) is 47.7 Å². The van der Waals surface area contributed by atoms with Crippen LogP contribution in [0.4, 0.5) is 0 Å². The second kappa shape index (κ2) is 10.9. The fraction of sp³-hybridized carbons (Fsp3) is 0.136. The van der Waals surface area contributed by atoms with Crippen LogP contribution in [-0.2, 0) is 26.5 Å². The molecule has 10 rings (SSSR count). The number of para-hydroxylation sites is 1. The van der Waals surface area contributed by atoms with E-state index in [-0.39, 0.29) is 43.2 Å². The number of hydrogen-bond donors (Lipinski definition) is 0. The molecule has 0 spiro atoms. The van der Waals surface area contributed by atoms with Crippen LogP contribution in [0.2, 0.25) is 0 Å². The molecule has 10 aromatic rings. The van der Waals surface area contributed by atoms with Gasteiger partial charge in [0.25, 0.3) is 0 Å². The predicted octanol–water partition coefficient (Wildman–Crippen LogP) is 11.1. The van der Waals surface area contributed by atoms with Gasteiger partial charge >= 0.3 is 21.1 Å². The molecular formula is C44H32N4OPt. The van der Waals surface area contributed by atoms with E-state index in [9.17, 15) is 0 Å². The van der Waals surface area contributed by atoms with Crippen molar-refractivity contribution in [3.63, 3.8) is 0 Å². The Morgan fingerprint density at radius 3 is 2.14 bits per heavy atom. The Morgan fingerprint density at radius 2 is 1.42 bits per heavy atom. The molecule has 244 valence electrons. The van der Waals surface area contributed by atoms with E-state index in [0.717, 1.165) is 60.6 Å². The van der Waals surface area contributed by atoms with Gasteiger partial charge in [0.15, 0.2) is 5.58 Å². The van der Waals surface area contributed by atoms with Crippen LogP contribution in [0.3, 0.4) is 0 Å². The molecule has 5 nitrogen and oxygen atoms in total. The second-order valence-corrected chi connectivity index (χ2v) is 13.8. The maximum absolute atomic E-state index is 8.20. The number of aryl methyl sites for hydroxylation is 2. The van der Waals surface area contributed by atoms with Crippen molar-refractivity contribution in [2.24, 2.45) is 0 Å². The monoisotopic (exact) mass is 833 g/mol. The van der Waals surface area contributed by atoms with Gasteiger partial charge in [-0.2, -0.15) is 0 Å². The molecule has 0 unspecified atom stereocenters. The molecule has 6 heteroatoms. The SMILES string of the molecule is [2H]C([2H])([2H])c1cccc(C([2H])([2H])[2H])c1-c1ccnc(-c2[c-]c3c(cc2)c2cccc4c5ccc(-c6ncc7oc8cc(C(C)(C)C)ccc8n67)[c-]c5n3c24)c1.[Pt+2]. The summed E-state index contributed by atoms with van der Waals surface area (Å²) >= 11 is 0. The third kappa shape index (κ3) is 4.36. The number of pyridine rings is 1. The number of nitrogens with zero attached hydrogens (tertiary/aromatic N) is 4. The van der Waals surface area contributed by atoms with Gasteiger partial charge in [-0.25, -0.2) is 0 Å². The van der Waals surface area contributed by atoms with E-state index in [4.69, 9.17) is 17.6 Å². The molecule has 0 amide bonds. The third-order valence-electron chi connectivity index (χ3n) is 9.78. The largest absolute Gasteiger partial charge is 2.00 e. The normalized spacial score (nSPS) is 14.6. The van der Waals surface area contributed by atoms with Crippen molar-refractivity contribution < 1.29 is 33.7 Å². The van der Waals surface area contributed by atoms with Gasteiger partial charge in [-0.05, 0) is 92.6 Å². The maximum Gasteiger partial charge on any atom is 2.00 e. The van der Waals surface area contributed by atoms with E-state index in [2.05, 4.69) is 96.9 Å². The summed E-state index contributed by atoms with van der Waals surface area (Å²) in [4.78, 5) is 9.45. The molecule has 0 saturated carbocycles. The molecule has 5 aromatic carbocycles. The van der Waals surface area contributed by atoms with Crippen LogP contribution in [0.1, 0.15) is 45.7 Å². The van der Waals surface area contributed by atoms with Gasteiger partial charge in [0.1, 0.15) is 0 Å². The average molecular weight is 834 g/mol. The van der Waals surface area contributed by atoms with Crippen LogP contribution in [0.5, 0.6) is 0 Å². The van der Waals surface area contributed by atoms with Gasteiger partial charge in [0, 0.05) is 19.9 Å². The number of hydrogen-bond acceptors (Lipinski definition) is 3.